The zero-order valence-corrected chi connectivity index (χ0v) is 7.79. The molecule has 0 radical (unpaired) electrons. The summed E-state index contributed by atoms with van der Waals surface area (Å²) in [6.07, 6.45) is 0. The van der Waals surface area contributed by atoms with E-state index in [1.807, 2.05) is 19.9 Å². The maximum atomic E-state index is 5.09. The number of rotatable bonds is 1. The summed E-state index contributed by atoms with van der Waals surface area (Å²) in [4.78, 5) is 0. The summed E-state index contributed by atoms with van der Waals surface area (Å²) in [7, 11) is 0. The predicted molar refractivity (Wildman–Crippen MR) is 51.4 cm³/mol. The van der Waals surface area contributed by atoms with E-state index in [0.717, 1.165) is 13.2 Å². The minimum atomic E-state index is 0.668. The molecule has 0 aromatic heterocycles. The normalized spacial score (nSPS) is 15.8. The lowest BCUT2D eigenvalue weighted by Gasteiger charge is -2.26. The molecule has 0 bridgehead atoms. The smallest absolute Gasteiger partial charge is 0.0557 e. The molecule has 1 heterocycles. The molecule has 1 heteroatoms. The highest BCUT2D eigenvalue weighted by molar-refractivity contribution is 5.20. The second-order valence-electron chi connectivity index (χ2n) is 2.65. The zero-order valence-electron chi connectivity index (χ0n) is 7.79. The first-order valence-electron chi connectivity index (χ1n) is 4.59. The van der Waals surface area contributed by atoms with Gasteiger partial charge >= 0.3 is 0 Å². The standard InChI is InChI=1S/C9H10O.C2H6/c1-2-4-8(5-3-1)9-6-10-7-9;1-2/h1-5,9H,6-7H2;1-2H3. The molecule has 12 heavy (non-hydrogen) atoms. The fraction of sp³-hybridized carbons (Fsp3) is 0.455. The van der Waals surface area contributed by atoms with Gasteiger partial charge in [-0.2, -0.15) is 0 Å². The molecule has 0 unspecified atom stereocenters. The van der Waals surface area contributed by atoms with Gasteiger partial charge in [0.05, 0.1) is 13.2 Å². The molecule has 0 N–H and O–H groups in total. The average molecular weight is 164 g/mol. The Morgan fingerprint density at radius 3 is 2.08 bits per heavy atom. The van der Waals surface area contributed by atoms with E-state index in [1.165, 1.54) is 5.56 Å². The Morgan fingerprint density at radius 2 is 1.67 bits per heavy atom. The third-order valence-electron chi connectivity index (χ3n) is 1.91. The molecule has 1 fully saturated rings. The fourth-order valence-electron chi connectivity index (χ4n) is 1.15. The quantitative estimate of drug-likeness (QED) is 0.620. The van der Waals surface area contributed by atoms with Crippen molar-refractivity contribution in [1.82, 2.24) is 0 Å². The summed E-state index contributed by atoms with van der Waals surface area (Å²) in [5.41, 5.74) is 1.41. The number of hydrogen-bond donors (Lipinski definition) is 0. The van der Waals surface area contributed by atoms with Gasteiger partial charge in [0.25, 0.3) is 0 Å². The lowest BCUT2D eigenvalue weighted by molar-refractivity contribution is 0.00842. The average Bonchev–Trinajstić information content (AvgIpc) is 2.07. The van der Waals surface area contributed by atoms with Crippen LogP contribution in [0.25, 0.3) is 0 Å². The molecule has 1 nitrogen and oxygen atoms in total. The van der Waals surface area contributed by atoms with Gasteiger partial charge in [-0.05, 0) is 5.56 Å². The molecule has 1 aromatic carbocycles. The minimum absolute atomic E-state index is 0.668. The van der Waals surface area contributed by atoms with Crippen molar-refractivity contribution in [3.05, 3.63) is 35.9 Å². The summed E-state index contributed by atoms with van der Waals surface area (Å²) < 4.78 is 5.09. The van der Waals surface area contributed by atoms with E-state index in [-0.39, 0.29) is 0 Å². The predicted octanol–water partition coefficient (Wildman–Crippen LogP) is 2.83. The summed E-state index contributed by atoms with van der Waals surface area (Å²) in [5.74, 6) is 0.668. The van der Waals surface area contributed by atoms with Crippen LogP contribution in [0.4, 0.5) is 0 Å². The van der Waals surface area contributed by atoms with Crippen molar-refractivity contribution in [3.63, 3.8) is 0 Å². The third kappa shape index (κ3) is 2.08. The van der Waals surface area contributed by atoms with Gasteiger partial charge in [-0.1, -0.05) is 44.2 Å². The van der Waals surface area contributed by atoms with E-state index in [9.17, 15) is 0 Å². The Kier molecular flexibility index (Phi) is 3.81. The molecule has 0 saturated carbocycles. The van der Waals surface area contributed by atoms with E-state index < -0.39 is 0 Å². The van der Waals surface area contributed by atoms with E-state index in [1.54, 1.807) is 0 Å². The Balaban J connectivity index is 0.000000336. The minimum Gasteiger partial charge on any atom is -0.380 e. The Bertz CT molecular complexity index is 202. The van der Waals surface area contributed by atoms with Crippen LogP contribution >= 0.6 is 0 Å². The van der Waals surface area contributed by atoms with Gasteiger partial charge in [-0.25, -0.2) is 0 Å². The van der Waals surface area contributed by atoms with Crippen molar-refractivity contribution >= 4 is 0 Å². The van der Waals surface area contributed by atoms with E-state index >= 15 is 0 Å². The molecule has 1 aliphatic heterocycles. The molecule has 0 aliphatic carbocycles. The van der Waals surface area contributed by atoms with E-state index in [2.05, 4.69) is 24.3 Å². The molecule has 1 saturated heterocycles. The van der Waals surface area contributed by atoms with Gasteiger partial charge in [0.15, 0.2) is 0 Å². The Morgan fingerprint density at radius 1 is 1.08 bits per heavy atom. The Hall–Kier alpha value is -0.820. The van der Waals surface area contributed by atoms with E-state index in [4.69, 9.17) is 4.74 Å². The maximum absolute atomic E-state index is 5.09. The molecule has 0 atom stereocenters. The van der Waals surface area contributed by atoms with Crippen LogP contribution in [0.15, 0.2) is 30.3 Å². The zero-order chi connectivity index (χ0) is 8.81. The van der Waals surface area contributed by atoms with Gasteiger partial charge in [-0.3, -0.25) is 0 Å². The molecule has 2 rings (SSSR count). The summed E-state index contributed by atoms with van der Waals surface area (Å²) >= 11 is 0. The topological polar surface area (TPSA) is 9.23 Å². The van der Waals surface area contributed by atoms with E-state index in [0.29, 0.717) is 5.92 Å². The molecular weight excluding hydrogens is 148 g/mol. The van der Waals surface area contributed by atoms with Gasteiger partial charge in [0, 0.05) is 5.92 Å². The molecule has 66 valence electrons. The summed E-state index contributed by atoms with van der Waals surface area (Å²) in [6.45, 7) is 5.81. The van der Waals surface area contributed by atoms with Gasteiger partial charge in [-0.15, -0.1) is 0 Å². The molecule has 1 aliphatic rings. The Labute approximate surface area is 74.4 Å². The second-order valence-corrected chi connectivity index (χ2v) is 2.65. The van der Waals surface area contributed by atoms with Crippen LogP contribution in [0.1, 0.15) is 25.3 Å². The highest BCUT2D eigenvalue weighted by Gasteiger charge is 2.19. The van der Waals surface area contributed by atoms with Crippen molar-refractivity contribution in [1.29, 1.82) is 0 Å². The van der Waals surface area contributed by atoms with Gasteiger partial charge in [0.1, 0.15) is 0 Å². The van der Waals surface area contributed by atoms with Crippen LogP contribution in [-0.4, -0.2) is 13.2 Å². The monoisotopic (exact) mass is 164 g/mol. The van der Waals surface area contributed by atoms with Crippen molar-refractivity contribution < 1.29 is 4.74 Å². The van der Waals surface area contributed by atoms with Crippen molar-refractivity contribution in [2.75, 3.05) is 13.2 Å². The number of hydrogen-bond acceptors (Lipinski definition) is 1. The fourth-order valence-corrected chi connectivity index (χ4v) is 1.15. The lowest BCUT2D eigenvalue weighted by atomic mass is 9.98. The van der Waals surface area contributed by atoms with Crippen LogP contribution in [-0.2, 0) is 4.74 Å². The molecule has 0 spiro atoms. The first-order valence-corrected chi connectivity index (χ1v) is 4.59. The van der Waals surface area contributed by atoms with Crippen LogP contribution in [0.2, 0.25) is 0 Å². The van der Waals surface area contributed by atoms with Gasteiger partial charge in [0.2, 0.25) is 0 Å². The highest BCUT2D eigenvalue weighted by atomic mass is 16.5. The summed E-state index contributed by atoms with van der Waals surface area (Å²) in [5, 5.41) is 0. The maximum Gasteiger partial charge on any atom is 0.0557 e. The third-order valence-corrected chi connectivity index (χ3v) is 1.91. The number of ether oxygens (including phenoxy) is 1. The first-order chi connectivity index (χ1) is 5.97. The largest absolute Gasteiger partial charge is 0.380 e. The first kappa shape index (κ1) is 9.27. The second kappa shape index (κ2) is 4.94. The summed E-state index contributed by atoms with van der Waals surface area (Å²) in [6, 6.07) is 10.5. The van der Waals surface area contributed by atoms with Crippen LogP contribution < -0.4 is 0 Å². The molecule has 1 aromatic rings. The van der Waals surface area contributed by atoms with Crippen LogP contribution in [0, 0.1) is 0 Å². The van der Waals surface area contributed by atoms with Crippen molar-refractivity contribution in [3.8, 4) is 0 Å². The lowest BCUT2D eigenvalue weighted by Crippen LogP contribution is -2.24. The SMILES string of the molecule is CC.c1ccc(C2COC2)cc1. The molecular formula is C11H16O. The molecule has 0 amide bonds. The highest BCUT2D eigenvalue weighted by Crippen LogP contribution is 2.22. The van der Waals surface area contributed by atoms with Crippen LogP contribution in [0.3, 0.4) is 0 Å². The van der Waals surface area contributed by atoms with Crippen molar-refractivity contribution in [2.24, 2.45) is 0 Å². The number of benzene rings is 1. The van der Waals surface area contributed by atoms with Gasteiger partial charge < -0.3 is 4.74 Å². The van der Waals surface area contributed by atoms with Crippen molar-refractivity contribution in [2.45, 2.75) is 19.8 Å². The van der Waals surface area contributed by atoms with Crippen LogP contribution in [0.5, 0.6) is 0 Å².